The molecule has 1 aliphatic heterocycles. The van der Waals surface area contributed by atoms with Gasteiger partial charge in [0.1, 0.15) is 23.7 Å². The molecule has 2 N–H and O–H groups in total. The van der Waals surface area contributed by atoms with Crippen molar-refractivity contribution < 1.29 is 32.7 Å². The molecule has 0 spiro atoms. The lowest BCUT2D eigenvalue weighted by Gasteiger charge is -2.25. The summed E-state index contributed by atoms with van der Waals surface area (Å²) in [5.74, 6) is -0.562. The Balaban J connectivity index is 1.24. The molecule has 1 aromatic carbocycles. The van der Waals surface area contributed by atoms with E-state index in [1.54, 1.807) is 18.2 Å². The Morgan fingerprint density at radius 2 is 1.76 bits per heavy atom. The number of carbonyl (C=O) groups excluding carboxylic acids is 3. The number of ether oxygens (including phenoxy) is 2. The van der Waals surface area contributed by atoms with Crippen LogP contribution in [0.25, 0.3) is 11.3 Å². The largest absolute Gasteiger partial charge is 0.451 e. The first-order valence-corrected chi connectivity index (χ1v) is 13.7. The second-order valence-electron chi connectivity index (χ2n) is 10.7. The number of rotatable bonds is 10. The van der Waals surface area contributed by atoms with Gasteiger partial charge >= 0.3 is 5.97 Å². The smallest absolute Gasteiger partial charge is 0.310 e. The number of carbonyl (C=O) groups is 3. The molecule has 38 heavy (non-hydrogen) atoms. The van der Waals surface area contributed by atoms with E-state index in [0.717, 1.165) is 38.5 Å². The van der Waals surface area contributed by atoms with Gasteiger partial charge in [-0.2, -0.15) is 0 Å². The van der Waals surface area contributed by atoms with Crippen LogP contribution < -0.4 is 10.6 Å². The fraction of sp³-hybridized carbons (Fsp3) is 0.552. The number of halogens is 1. The summed E-state index contributed by atoms with van der Waals surface area (Å²) in [6.07, 6.45) is 8.46. The zero-order valence-corrected chi connectivity index (χ0v) is 21.5. The third kappa shape index (κ3) is 6.62. The molecule has 204 valence electrons. The average Bonchev–Trinajstić information content (AvgIpc) is 3.71. The van der Waals surface area contributed by atoms with E-state index in [1.807, 2.05) is 0 Å². The number of benzene rings is 1. The molecule has 2 aromatic rings. The van der Waals surface area contributed by atoms with Crippen molar-refractivity contribution in [2.24, 2.45) is 11.8 Å². The van der Waals surface area contributed by atoms with Gasteiger partial charge in [-0.25, -0.2) is 4.39 Å². The maximum atomic E-state index is 13.6. The second-order valence-corrected chi connectivity index (χ2v) is 10.7. The minimum atomic E-state index is -0.825. The molecule has 5 rings (SSSR count). The Bertz CT molecular complexity index is 1140. The van der Waals surface area contributed by atoms with Gasteiger partial charge in [0.25, 0.3) is 5.91 Å². The van der Waals surface area contributed by atoms with Crippen LogP contribution in [0.3, 0.4) is 0 Å². The SMILES string of the molecule is O=C1C[C@H](NC(=O)[C@H](CC2CCCC2)NC(=O)c2ccc(-c3cccc(F)c3)o2)C(OCC2CCCC2)O1. The minimum absolute atomic E-state index is 0.0281. The molecule has 0 bridgehead atoms. The van der Waals surface area contributed by atoms with Gasteiger partial charge in [0.2, 0.25) is 12.2 Å². The number of cyclic esters (lactones) is 1. The van der Waals surface area contributed by atoms with Crippen molar-refractivity contribution in [3.05, 3.63) is 48.0 Å². The van der Waals surface area contributed by atoms with E-state index < -0.39 is 36.1 Å². The predicted octanol–water partition coefficient (Wildman–Crippen LogP) is 4.73. The second kappa shape index (κ2) is 12.1. The molecule has 2 heterocycles. The lowest BCUT2D eigenvalue weighted by Crippen LogP contribution is -2.52. The fourth-order valence-corrected chi connectivity index (χ4v) is 5.79. The van der Waals surface area contributed by atoms with Crippen LogP contribution in [0.2, 0.25) is 0 Å². The molecule has 2 aliphatic carbocycles. The Kier molecular flexibility index (Phi) is 8.42. The van der Waals surface area contributed by atoms with Gasteiger partial charge in [-0.1, -0.05) is 50.7 Å². The average molecular weight is 527 g/mol. The number of hydrogen-bond donors (Lipinski definition) is 2. The number of nitrogens with one attached hydrogen (secondary N) is 2. The molecule has 8 nitrogen and oxygen atoms in total. The first-order chi connectivity index (χ1) is 18.4. The van der Waals surface area contributed by atoms with Gasteiger partial charge in [-0.15, -0.1) is 0 Å². The van der Waals surface area contributed by atoms with E-state index >= 15 is 0 Å². The van der Waals surface area contributed by atoms with Gasteiger partial charge in [0.05, 0.1) is 13.0 Å². The van der Waals surface area contributed by atoms with Crippen molar-refractivity contribution in [3.63, 3.8) is 0 Å². The fourth-order valence-electron chi connectivity index (χ4n) is 5.79. The van der Waals surface area contributed by atoms with Gasteiger partial charge in [-0.3, -0.25) is 14.4 Å². The van der Waals surface area contributed by atoms with Gasteiger partial charge in [0, 0.05) is 5.56 Å². The van der Waals surface area contributed by atoms with Crippen LogP contribution in [0.1, 0.15) is 74.8 Å². The highest BCUT2D eigenvalue weighted by Crippen LogP contribution is 2.30. The quantitative estimate of drug-likeness (QED) is 0.434. The Labute approximate surface area is 221 Å². The van der Waals surface area contributed by atoms with Crippen molar-refractivity contribution in [2.75, 3.05) is 6.61 Å². The van der Waals surface area contributed by atoms with E-state index in [-0.39, 0.29) is 18.1 Å². The topological polar surface area (TPSA) is 107 Å². The van der Waals surface area contributed by atoms with Crippen LogP contribution in [0.4, 0.5) is 4.39 Å². The molecule has 2 saturated carbocycles. The molecule has 9 heteroatoms. The van der Waals surface area contributed by atoms with Crippen LogP contribution in [-0.2, 0) is 19.1 Å². The normalized spacial score (nSPS) is 22.9. The molecule has 2 amide bonds. The Morgan fingerprint density at radius 3 is 2.50 bits per heavy atom. The summed E-state index contributed by atoms with van der Waals surface area (Å²) in [5, 5.41) is 5.73. The highest BCUT2D eigenvalue weighted by Gasteiger charge is 2.39. The van der Waals surface area contributed by atoms with E-state index in [4.69, 9.17) is 13.9 Å². The summed E-state index contributed by atoms with van der Waals surface area (Å²) in [4.78, 5) is 38.5. The zero-order valence-electron chi connectivity index (χ0n) is 21.5. The molecular weight excluding hydrogens is 491 g/mol. The lowest BCUT2D eigenvalue weighted by atomic mass is 9.97. The third-order valence-electron chi connectivity index (χ3n) is 7.87. The third-order valence-corrected chi connectivity index (χ3v) is 7.87. The van der Waals surface area contributed by atoms with Crippen LogP contribution in [0, 0.1) is 17.7 Å². The number of hydrogen-bond acceptors (Lipinski definition) is 6. The van der Waals surface area contributed by atoms with Crippen LogP contribution in [0.5, 0.6) is 0 Å². The van der Waals surface area contributed by atoms with E-state index in [1.165, 1.54) is 31.0 Å². The van der Waals surface area contributed by atoms with Gasteiger partial charge < -0.3 is 24.5 Å². The molecule has 3 fully saturated rings. The molecule has 3 atom stereocenters. The van der Waals surface area contributed by atoms with Crippen molar-refractivity contribution in [3.8, 4) is 11.3 Å². The maximum absolute atomic E-state index is 13.6. The number of esters is 1. The Morgan fingerprint density at radius 1 is 1.03 bits per heavy atom. The molecule has 1 saturated heterocycles. The Hall–Kier alpha value is -3.20. The monoisotopic (exact) mass is 526 g/mol. The summed E-state index contributed by atoms with van der Waals surface area (Å²) >= 11 is 0. The van der Waals surface area contributed by atoms with Gasteiger partial charge in [-0.05, 0) is 55.4 Å². The maximum Gasteiger partial charge on any atom is 0.310 e. The molecule has 1 unspecified atom stereocenters. The van der Waals surface area contributed by atoms with Crippen LogP contribution >= 0.6 is 0 Å². The minimum Gasteiger partial charge on any atom is -0.451 e. The molecule has 0 radical (unpaired) electrons. The first-order valence-electron chi connectivity index (χ1n) is 13.7. The van der Waals surface area contributed by atoms with Crippen molar-refractivity contribution in [1.82, 2.24) is 10.6 Å². The zero-order chi connectivity index (χ0) is 26.5. The van der Waals surface area contributed by atoms with E-state index in [9.17, 15) is 18.8 Å². The standard InChI is InChI=1S/C29H35FN2O6/c30-21-11-5-10-20(15-21)24-12-13-25(37-24)28(35)31-22(14-18-6-1-2-7-18)27(34)32-23-16-26(33)38-29(23)36-17-19-8-3-4-9-19/h5,10-13,15,18-19,22-23,29H,1-4,6-9,14,16-17H2,(H,31,35)(H,32,34)/t22-,23-,29?/m0/s1. The molecule has 1 aromatic heterocycles. The van der Waals surface area contributed by atoms with E-state index in [0.29, 0.717) is 36.2 Å². The van der Waals surface area contributed by atoms with Crippen molar-refractivity contribution >= 4 is 17.8 Å². The molecular formula is C29H35FN2O6. The van der Waals surface area contributed by atoms with E-state index in [2.05, 4.69) is 10.6 Å². The summed E-state index contributed by atoms with van der Waals surface area (Å²) in [6.45, 7) is 0.499. The highest BCUT2D eigenvalue weighted by atomic mass is 19.1. The highest BCUT2D eigenvalue weighted by molar-refractivity contribution is 5.96. The molecule has 3 aliphatic rings. The van der Waals surface area contributed by atoms with Gasteiger partial charge in [0.15, 0.2) is 5.76 Å². The summed E-state index contributed by atoms with van der Waals surface area (Å²) < 4.78 is 30.5. The van der Waals surface area contributed by atoms with Crippen molar-refractivity contribution in [1.29, 1.82) is 0 Å². The van der Waals surface area contributed by atoms with Crippen LogP contribution in [0.15, 0.2) is 40.8 Å². The summed E-state index contributed by atoms with van der Waals surface area (Å²) in [6, 6.07) is 7.61. The number of furan rings is 1. The predicted molar refractivity (Wildman–Crippen MR) is 136 cm³/mol. The number of amides is 2. The summed E-state index contributed by atoms with van der Waals surface area (Å²) in [5.41, 5.74) is 0.513. The van der Waals surface area contributed by atoms with Crippen molar-refractivity contribution in [2.45, 2.75) is 82.6 Å². The summed E-state index contributed by atoms with van der Waals surface area (Å²) in [7, 11) is 0. The van der Waals surface area contributed by atoms with Crippen LogP contribution in [-0.4, -0.2) is 42.8 Å². The lowest BCUT2D eigenvalue weighted by molar-refractivity contribution is -0.168. The first kappa shape index (κ1) is 26.4.